The van der Waals surface area contributed by atoms with Crippen LogP contribution in [0.1, 0.15) is 35.5 Å². The molecule has 3 rings (SSSR count). The van der Waals surface area contributed by atoms with Crippen LogP contribution >= 0.6 is 23.1 Å². The molecule has 0 radical (unpaired) electrons. The number of carbonyl (C=O) groups excluding carboxylic acids is 1. The molecule has 2 aromatic heterocycles. The SMILES string of the molecule is O=C(CCSCc1nc2sc3c(c2c(=O)[nH]1)CCCC3)NCCO. The topological polar surface area (TPSA) is 95.1 Å². The predicted molar refractivity (Wildman–Crippen MR) is 97.8 cm³/mol. The number of aromatic nitrogens is 2. The molecule has 2 heterocycles. The molecular formula is C16H21N3O3S2. The van der Waals surface area contributed by atoms with Crippen LogP contribution < -0.4 is 10.9 Å². The minimum atomic E-state index is -0.0700. The molecule has 0 aliphatic heterocycles. The summed E-state index contributed by atoms with van der Waals surface area (Å²) in [7, 11) is 0. The van der Waals surface area contributed by atoms with E-state index >= 15 is 0 Å². The highest BCUT2D eigenvalue weighted by molar-refractivity contribution is 7.98. The zero-order valence-electron chi connectivity index (χ0n) is 13.4. The summed E-state index contributed by atoms with van der Waals surface area (Å²) in [6.45, 7) is 0.243. The molecule has 1 aliphatic carbocycles. The zero-order valence-corrected chi connectivity index (χ0v) is 15.0. The number of fused-ring (bicyclic) bond motifs is 3. The van der Waals surface area contributed by atoms with Gasteiger partial charge in [-0.1, -0.05) is 0 Å². The molecule has 1 amide bonds. The number of carbonyl (C=O) groups is 1. The van der Waals surface area contributed by atoms with Crippen molar-refractivity contribution in [3.63, 3.8) is 0 Å². The van der Waals surface area contributed by atoms with Crippen LogP contribution in [0.3, 0.4) is 0 Å². The number of amides is 1. The third kappa shape index (κ3) is 3.99. The van der Waals surface area contributed by atoms with Crippen molar-refractivity contribution in [2.45, 2.75) is 37.9 Å². The number of thioether (sulfide) groups is 1. The number of thiophene rings is 1. The van der Waals surface area contributed by atoms with Crippen molar-refractivity contribution in [3.05, 3.63) is 26.6 Å². The van der Waals surface area contributed by atoms with E-state index in [-0.39, 0.29) is 24.6 Å². The maximum atomic E-state index is 12.4. The van der Waals surface area contributed by atoms with Gasteiger partial charge >= 0.3 is 0 Å². The van der Waals surface area contributed by atoms with Crippen LogP contribution in [0.25, 0.3) is 10.2 Å². The van der Waals surface area contributed by atoms with E-state index in [4.69, 9.17) is 5.11 Å². The van der Waals surface area contributed by atoms with Crippen molar-refractivity contribution in [3.8, 4) is 0 Å². The van der Waals surface area contributed by atoms with E-state index in [0.29, 0.717) is 23.8 Å². The molecule has 0 spiro atoms. The Kier molecular flexibility index (Phi) is 5.91. The van der Waals surface area contributed by atoms with Gasteiger partial charge in [-0.25, -0.2) is 4.98 Å². The Hall–Kier alpha value is -1.38. The molecule has 24 heavy (non-hydrogen) atoms. The molecule has 0 fully saturated rings. The lowest BCUT2D eigenvalue weighted by atomic mass is 9.97. The van der Waals surface area contributed by atoms with Crippen LogP contribution in [0.4, 0.5) is 0 Å². The van der Waals surface area contributed by atoms with E-state index in [1.807, 2.05) is 0 Å². The number of aliphatic hydroxyl groups excluding tert-OH is 1. The quantitative estimate of drug-likeness (QED) is 0.646. The summed E-state index contributed by atoms with van der Waals surface area (Å²) in [6, 6.07) is 0. The molecule has 2 aromatic rings. The highest BCUT2D eigenvalue weighted by Gasteiger charge is 2.19. The molecule has 0 bridgehead atoms. The number of aryl methyl sites for hydroxylation is 2. The van der Waals surface area contributed by atoms with E-state index in [9.17, 15) is 9.59 Å². The maximum absolute atomic E-state index is 12.4. The van der Waals surface area contributed by atoms with Gasteiger partial charge in [0.05, 0.1) is 17.7 Å². The Balaban J connectivity index is 1.62. The van der Waals surface area contributed by atoms with Crippen LogP contribution in [0.5, 0.6) is 0 Å². The molecule has 1 aliphatic rings. The Morgan fingerprint density at radius 1 is 1.38 bits per heavy atom. The molecule has 8 heteroatoms. The number of H-pyrrole nitrogens is 1. The normalized spacial score (nSPS) is 13.9. The summed E-state index contributed by atoms with van der Waals surface area (Å²) in [4.78, 5) is 33.5. The molecule has 3 N–H and O–H groups in total. The summed E-state index contributed by atoms with van der Waals surface area (Å²) >= 11 is 3.22. The summed E-state index contributed by atoms with van der Waals surface area (Å²) in [5.74, 6) is 1.84. The van der Waals surface area contributed by atoms with E-state index in [1.165, 1.54) is 16.9 Å². The molecule has 0 saturated heterocycles. The Bertz CT molecular complexity index is 785. The highest BCUT2D eigenvalue weighted by Crippen LogP contribution is 2.33. The van der Waals surface area contributed by atoms with Crippen LogP contribution in [-0.2, 0) is 23.4 Å². The molecule has 0 aromatic carbocycles. The second kappa shape index (κ2) is 8.13. The fraction of sp³-hybridized carbons (Fsp3) is 0.562. The monoisotopic (exact) mass is 367 g/mol. The fourth-order valence-corrected chi connectivity index (χ4v) is 4.98. The number of aromatic amines is 1. The van der Waals surface area contributed by atoms with Gasteiger partial charge in [0, 0.05) is 23.6 Å². The van der Waals surface area contributed by atoms with Crippen molar-refractivity contribution in [2.24, 2.45) is 0 Å². The minimum absolute atomic E-state index is 0.0318. The lowest BCUT2D eigenvalue weighted by Crippen LogP contribution is -2.26. The Labute approximate surface area is 148 Å². The number of hydrogen-bond donors (Lipinski definition) is 3. The van der Waals surface area contributed by atoms with Gasteiger partial charge in [0.25, 0.3) is 5.56 Å². The van der Waals surface area contributed by atoms with E-state index in [2.05, 4.69) is 15.3 Å². The largest absolute Gasteiger partial charge is 0.395 e. The maximum Gasteiger partial charge on any atom is 0.259 e. The second-order valence-corrected chi connectivity index (χ2v) is 7.97. The minimum Gasteiger partial charge on any atom is -0.395 e. The van der Waals surface area contributed by atoms with Gasteiger partial charge in [0.15, 0.2) is 0 Å². The fourth-order valence-electron chi connectivity index (χ4n) is 2.89. The van der Waals surface area contributed by atoms with Crippen molar-refractivity contribution < 1.29 is 9.90 Å². The molecule has 0 saturated carbocycles. The van der Waals surface area contributed by atoms with Crippen molar-refractivity contribution in [1.82, 2.24) is 15.3 Å². The first kappa shape index (κ1) is 17.4. The van der Waals surface area contributed by atoms with Crippen molar-refractivity contribution in [2.75, 3.05) is 18.9 Å². The van der Waals surface area contributed by atoms with Crippen LogP contribution in [0, 0.1) is 0 Å². The molecule has 0 atom stereocenters. The van der Waals surface area contributed by atoms with Crippen molar-refractivity contribution in [1.29, 1.82) is 0 Å². The predicted octanol–water partition coefficient (Wildman–Crippen LogP) is 1.60. The first-order chi connectivity index (χ1) is 11.7. The highest BCUT2D eigenvalue weighted by atomic mass is 32.2. The van der Waals surface area contributed by atoms with Crippen LogP contribution in [0.15, 0.2) is 4.79 Å². The molecule has 6 nitrogen and oxygen atoms in total. The van der Waals surface area contributed by atoms with Gasteiger partial charge < -0.3 is 15.4 Å². The van der Waals surface area contributed by atoms with E-state index in [1.54, 1.807) is 23.1 Å². The van der Waals surface area contributed by atoms with Gasteiger partial charge in [-0.3, -0.25) is 9.59 Å². The number of rotatable bonds is 7. The van der Waals surface area contributed by atoms with E-state index in [0.717, 1.165) is 29.5 Å². The average Bonchev–Trinajstić information content (AvgIpc) is 2.95. The first-order valence-electron chi connectivity index (χ1n) is 8.18. The number of hydrogen-bond acceptors (Lipinski definition) is 6. The van der Waals surface area contributed by atoms with Crippen LogP contribution in [-0.4, -0.2) is 39.9 Å². The Morgan fingerprint density at radius 2 is 2.21 bits per heavy atom. The number of aliphatic hydroxyl groups is 1. The van der Waals surface area contributed by atoms with Crippen LogP contribution in [0.2, 0.25) is 0 Å². The zero-order chi connectivity index (χ0) is 16.9. The summed E-state index contributed by atoms with van der Waals surface area (Å²) in [5.41, 5.74) is 1.17. The summed E-state index contributed by atoms with van der Waals surface area (Å²) in [6.07, 6.45) is 4.78. The summed E-state index contributed by atoms with van der Waals surface area (Å²) in [5, 5.41) is 12.0. The average molecular weight is 367 g/mol. The van der Waals surface area contributed by atoms with Gasteiger partial charge in [-0.15, -0.1) is 11.3 Å². The smallest absolute Gasteiger partial charge is 0.259 e. The number of nitrogens with one attached hydrogen (secondary N) is 2. The van der Waals surface area contributed by atoms with Gasteiger partial charge in [0.1, 0.15) is 10.7 Å². The molecule has 0 unspecified atom stereocenters. The van der Waals surface area contributed by atoms with E-state index < -0.39 is 0 Å². The third-order valence-electron chi connectivity index (χ3n) is 4.02. The third-order valence-corrected chi connectivity index (χ3v) is 6.18. The van der Waals surface area contributed by atoms with Crippen molar-refractivity contribution >= 4 is 39.2 Å². The van der Waals surface area contributed by atoms with Gasteiger partial charge in [-0.2, -0.15) is 11.8 Å². The Morgan fingerprint density at radius 3 is 3.04 bits per heavy atom. The lowest BCUT2D eigenvalue weighted by Gasteiger charge is -2.09. The first-order valence-corrected chi connectivity index (χ1v) is 10.1. The summed E-state index contributed by atoms with van der Waals surface area (Å²) < 4.78 is 0. The standard InChI is InChI=1S/C16H21N3O3S2/c20-7-6-17-13(21)5-8-23-9-12-18-15(22)14-10-3-1-2-4-11(10)24-16(14)19-12/h20H,1-9H2,(H,17,21)(H,18,19,22). The molecular weight excluding hydrogens is 346 g/mol. The number of nitrogens with zero attached hydrogens (tertiary/aromatic N) is 1. The van der Waals surface area contributed by atoms with Gasteiger partial charge in [-0.05, 0) is 31.2 Å². The second-order valence-electron chi connectivity index (χ2n) is 5.78. The molecule has 130 valence electrons. The lowest BCUT2D eigenvalue weighted by molar-refractivity contribution is -0.120. The van der Waals surface area contributed by atoms with Gasteiger partial charge in [0.2, 0.25) is 5.91 Å².